The molecule has 0 fully saturated rings. The number of rotatable bonds is 9. The molecule has 0 bridgehead atoms. The molecule has 0 saturated carbocycles. The topological polar surface area (TPSA) is 99.2 Å². The molecule has 0 aliphatic carbocycles. The van der Waals surface area contributed by atoms with Gasteiger partial charge in [0.25, 0.3) is 10.0 Å². The number of methoxy groups -OCH3 is 2. The van der Waals surface area contributed by atoms with Gasteiger partial charge in [-0.3, -0.25) is 9.10 Å². The summed E-state index contributed by atoms with van der Waals surface area (Å²) in [6.07, 6.45) is -1.09. The third kappa shape index (κ3) is 5.20. The lowest BCUT2D eigenvalue weighted by Gasteiger charge is -2.19. The van der Waals surface area contributed by atoms with Gasteiger partial charge >= 0.3 is 5.97 Å². The van der Waals surface area contributed by atoms with Crippen molar-refractivity contribution in [1.29, 1.82) is 0 Å². The first-order valence-corrected chi connectivity index (χ1v) is 11.7. The van der Waals surface area contributed by atoms with E-state index in [-0.39, 0.29) is 16.0 Å². The van der Waals surface area contributed by atoms with Crippen LogP contribution in [0.5, 0.6) is 11.5 Å². The van der Waals surface area contributed by atoms with Crippen molar-refractivity contribution >= 4 is 27.5 Å². The maximum absolute atomic E-state index is 12.9. The minimum Gasteiger partial charge on any atom is -0.497 e. The van der Waals surface area contributed by atoms with Gasteiger partial charge in [0.15, 0.2) is 6.10 Å². The maximum Gasteiger partial charge on any atom is 0.338 e. The molecular formula is C25H25NO7S. The first-order valence-electron chi connectivity index (χ1n) is 10.3. The first kappa shape index (κ1) is 24.8. The van der Waals surface area contributed by atoms with E-state index in [2.05, 4.69) is 0 Å². The van der Waals surface area contributed by atoms with Crippen LogP contribution in [0.2, 0.25) is 0 Å². The number of para-hydroxylation sites is 1. The summed E-state index contributed by atoms with van der Waals surface area (Å²) in [4.78, 5) is 25.4. The molecule has 178 valence electrons. The van der Waals surface area contributed by atoms with Gasteiger partial charge in [-0.1, -0.05) is 18.2 Å². The summed E-state index contributed by atoms with van der Waals surface area (Å²) < 4.78 is 42.6. The molecule has 8 nitrogen and oxygen atoms in total. The van der Waals surface area contributed by atoms with Crippen molar-refractivity contribution < 1.29 is 32.2 Å². The number of sulfonamides is 1. The van der Waals surface area contributed by atoms with E-state index in [1.54, 1.807) is 42.5 Å². The molecular weight excluding hydrogens is 458 g/mol. The van der Waals surface area contributed by atoms with Crippen LogP contribution in [0.3, 0.4) is 0 Å². The fraction of sp³-hybridized carbons (Fsp3) is 0.200. The highest BCUT2D eigenvalue weighted by atomic mass is 32.2. The van der Waals surface area contributed by atoms with Gasteiger partial charge in [-0.05, 0) is 55.5 Å². The number of benzene rings is 3. The highest BCUT2D eigenvalue weighted by Gasteiger charge is 2.25. The fourth-order valence-electron chi connectivity index (χ4n) is 3.20. The van der Waals surface area contributed by atoms with Gasteiger partial charge in [0.2, 0.25) is 5.78 Å². The summed E-state index contributed by atoms with van der Waals surface area (Å²) in [5, 5.41) is 0. The summed E-state index contributed by atoms with van der Waals surface area (Å²) in [6.45, 7) is 1.46. The number of carbonyl (C=O) groups is 2. The highest BCUT2D eigenvalue weighted by molar-refractivity contribution is 7.92. The second kappa shape index (κ2) is 10.4. The van der Waals surface area contributed by atoms with E-state index in [0.29, 0.717) is 17.2 Å². The van der Waals surface area contributed by atoms with Crippen LogP contribution in [-0.4, -0.2) is 47.5 Å². The van der Waals surface area contributed by atoms with E-state index in [1.165, 1.54) is 58.5 Å². The monoisotopic (exact) mass is 483 g/mol. The van der Waals surface area contributed by atoms with E-state index in [4.69, 9.17) is 14.2 Å². The fourth-order valence-corrected chi connectivity index (χ4v) is 4.40. The molecule has 0 N–H and O–H groups in total. The number of anilines is 1. The molecule has 3 rings (SSSR count). The second-order valence-electron chi connectivity index (χ2n) is 7.31. The molecule has 3 aromatic carbocycles. The maximum atomic E-state index is 12.9. The van der Waals surface area contributed by atoms with Gasteiger partial charge in [0, 0.05) is 13.1 Å². The molecule has 0 spiro atoms. The Morgan fingerprint density at radius 3 is 2.12 bits per heavy atom. The van der Waals surface area contributed by atoms with Crippen molar-refractivity contribution in [2.75, 3.05) is 25.6 Å². The van der Waals surface area contributed by atoms with Crippen LogP contribution >= 0.6 is 0 Å². The van der Waals surface area contributed by atoms with Gasteiger partial charge in [-0.15, -0.1) is 0 Å². The molecule has 0 amide bonds. The predicted octanol–water partition coefficient (Wildman–Crippen LogP) is 3.96. The van der Waals surface area contributed by atoms with E-state index in [0.717, 1.165) is 4.31 Å². The first-order chi connectivity index (χ1) is 16.2. The van der Waals surface area contributed by atoms with Crippen molar-refractivity contribution in [2.24, 2.45) is 0 Å². The van der Waals surface area contributed by atoms with Crippen molar-refractivity contribution in [3.8, 4) is 11.5 Å². The van der Waals surface area contributed by atoms with Crippen LogP contribution in [0, 0.1) is 0 Å². The zero-order valence-corrected chi connectivity index (χ0v) is 20.0. The molecule has 0 aliphatic heterocycles. The van der Waals surface area contributed by atoms with Crippen LogP contribution in [0.4, 0.5) is 5.69 Å². The molecule has 1 atom stereocenters. The van der Waals surface area contributed by atoms with Crippen LogP contribution in [0.25, 0.3) is 0 Å². The summed E-state index contributed by atoms with van der Waals surface area (Å²) >= 11 is 0. The normalized spacial score (nSPS) is 11.9. The van der Waals surface area contributed by atoms with Gasteiger partial charge in [-0.2, -0.15) is 0 Å². The number of carbonyl (C=O) groups excluding carboxylic acids is 2. The Morgan fingerprint density at radius 2 is 1.53 bits per heavy atom. The quantitative estimate of drug-likeness (QED) is 0.336. The van der Waals surface area contributed by atoms with Gasteiger partial charge in [0.05, 0.1) is 35.9 Å². The molecule has 0 aliphatic rings. The van der Waals surface area contributed by atoms with Crippen LogP contribution in [-0.2, 0) is 14.8 Å². The molecule has 0 heterocycles. The summed E-state index contributed by atoms with van der Waals surface area (Å²) in [5.41, 5.74) is 0.865. The average Bonchev–Trinajstić information content (AvgIpc) is 2.87. The van der Waals surface area contributed by atoms with Crippen molar-refractivity contribution in [2.45, 2.75) is 17.9 Å². The Kier molecular flexibility index (Phi) is 7.57. The minimum atomic E-state index is -3.82. The third-order valence-corrected chi connectivity index (χ3v) is 7.00. The third-order valence-electron chi connectivity index (χ3n) is 5.20. The Labute approximate surface area is 198 Å². The molecule has 9 heteroatoms. The predicted molar refractivity (Wildman–Crippen MR) is 127 cm³/mol. The van der Waals surface area contributed by atoms with Gasteiger partial charge in [0.1, 0.15) is 11.5 Å². The summed E-state index contributed by atoms with van der Waals surface area (Å²) in [7, 11) is 0.555. The SMILES string of the molecule is COc1ccc(C(=O)[C@@H](C)OC(=O)c2ccc(S(=O)(=O)N(C)c3ccccc3)cc2)c(OC)c1. The molecule has 0 unspecified atom stereocenters. The number of ketones is 1. The minimum absolute atomic E-state index is 0.0162. The molecule has 34 heavy (non-hydrogen) atoms. The van der Waals surface area contributed by atoms with E-state index in [1.807, 2.05) is 0 Å². The van der Waals surface area contributed by atoms with Crippen LogP contribution in [0.1, 0.15) is 27.6 Å². The lowest BCUT2D eigenvalue weighted by Crippen LogP contribution is -2.27. The Morgan fingerprint density at radius 1 is 0.882 bits per heavy atom. The zero-order chi connectivity index (χ0) is 24.9. The molecule has 0 saturated heterocycles. The lowest BCUT2D eigenvalue weighted by molar-refractivity contribution is 0.0317. The lowest BCUT2D eigenvalue weighted by atomic mass is 10.1. The van der Waals surface area contributed by atoms with Crippen molar-refractivity contribution in [3.05, 3.63) is 83.9 Å². The van der Waals surface area contributed by atoms with Gasteiger partial charge in [-0.25, -0.2) is 13.2 Å². The number of nitrogens with zero attached hydrogens (tertiary/aromatic N) is 1. The van der Waals surface area contributed by atoms with Crippen LogP contribution < -0.4 is 13.8 Å². The number of Topliss-reactive ketones (excluding diaryl/α,β-unsaturated/α-hetero) is 1. The number of esters is 1. The van der Waals surface area contributed by atoms with Crippen LogP contribution in [0.15, 0.2) is 77.7 Å². The smallest absolute Gasteiger partial charge is 0.338 e. The van der Waals surface area contributed by atoms with Crippen molar-refractivity contribution in [3.63, 3.8) is 0 Å². The van der Waals surface area contributed by atoms with Gasteiger partial charge < -0.3 is 14.2 Å². The van der Waals surface area contributed by atoms with Crippen molar-refractivity contribution in [1.82, 2.24) is 0 Å². The number of hydrogen-bond donors (Lipinski definition) is 0. The van der Waals surface area contributed by atoms with E-state index in [9.17, 15) is 18.0 Å². The van der Waals surface area contributed by atoms with E-state index < -0.39 is 27.9 Å². The molecule has 0 aromatic heterocycles. The second-order valence-corrected chi connectivity index (χ2v) is 9.28. The zero-order valence-electron chi connectivity index (χ0n) is 19.2. The average molecular weight is 484 g/mol. The Bertz CT molecular complexity index is 1270. The standard InChI is InChI=1S/C25H25NO7S/c1-17(24(27)22-15-12-20(31-3)16-23(22)32-4)33-25(28)18-10-13-21(14-11-18)34(29,30)26(2)19-8-6-5-7-9-19/h5-17H,1-4H3/t17-/m1/s1. The Hall–Kier alpha value is -3.85. The Balaban J connectivity index is 1.73. The highest BCUT2D eigenvalue weighted by Crippen LogP contribution is 2.27. The number of ether oxygens (including phenoxy) is 3. The summed E-state index contributed by atoms with van der Waals surface area (Å²) in [6, 6.07) is 18.7. The molecule has 3 aromatic rings. The summed E-state index contributed by atoms with van der Waals surface area (Å²) in [5.74, 6) is -0.388. The number of hydrogen-bond acceptors (Lipinski definition) is 7. The molecule has 0 radical (unpaired) electrons. The largest absolute Gasteiger partial charge is 0.497 e. The van der Waals surface area contributed by atoms with E-state index >= 15 is 0 Å².